The Morgan fingerprint density at radius 2 is 1.28 bits per heavy atom. The second-order valence-electron chi connectivity index (χ2n) is 13.3. The Balaban J connectivity index is 1.42. The third-order valence-corrected chi connectivity index (χ3v) is 11.4. The largest absolute Gasteiger partial charge is 0.453 e. The summed E-state index contributed by atoms with van der Waals surface area (Å²) >= 11 is 0. The zero-order valence-electron chi connectivity index (χ0n) is 29.6. The van der Waals surface area contributed by atoms with E-state index in [1.807, 2.05) is 115 Å². The number of aromatic nitrogens is 2. The van der Waals surface area contributed by atoms with Crippen LogP contribution in [0.2, 0.25) is 0 Å². The minimum atomic E-state index is -5.04. The van der Waals surface area contributed by atoms with Crippen LogP contribution < -0.4 is 19.3 Å². The first kappa shape index (κ1) is 34.4. The molecule has 4 heterocycles. The van der Waals surface area contributed by atoms with Crippen LogP contribution >= 0.6 is 0 Å². The van der Waals surface area contributed by atoms with E-state index >= 15 is 0 Å². The van der Waals surface area contributed by atoms with E-state index in [2.05, 4.69) is 18.7 Å². The van der Waals surface area contributed by atoms with E-state index in [-0.39, 0.29) is 18.7 Å². The highest BCUT2D eigenvalue weighted by Gasteiger charge is 2.55. The number of para-hydroxylation sites is 7. The van der Waals surface area contributed by atoms with Crippen molar-refractivity contribution in [3.05, 3.63) is 144 Å². The highest BCUT2D eigenvalue weighted by atomic mass is 32.2. The zero-order chi connectivity index (χ0) is 36.6. The minimum absolute atomic E-state index is 0.108. The first-order valence-corrected chi connectivity index (χ1v) is 19.5. The average molecular weight is 725 g/mol. The quantitative estimate of drug-likeness (QED) is 0.131. The molecule has 8 rings (SSSR count). The van der Waals surface area contributed by atoms with Gasteiger partial charge in [0.15, 0.2) is 23.0 Å². The molecule has 0 amide bonds. The maximum Gasteiger partial charge on any atom is 0.295 e. The Hall–Kier alpha value is -5.71. The Bertz CT molecular complexity index is 2370. The summed E-state index contributed by atoms with van der Waals surface area (Å²) in [5.74, 6) is 2.19. The Kier molecular flexibility index (Phi) is 9.10. The molecule has 2 aliphatic rings. The molecule has 0 spiro atoms. The van der Waals surface area contributed by atoms with Gasteiger partial charge in [0.05, 0.1) is 34.1 Å². The molecule has 268 valence electrons. The molecule has 4 aromatic carbocycles. The van der Waals surface area contributed by atoms with Gasteiger partial charge in [-0.25, -0.2) is 0 Å². The van der Waals surface area contributed by atoms with Crippen molar-refractivity contribution in [1.82, 2.24) is 9.97 Å². The first-order chi connectivity index (χ1) is 25.8. The molecule has 6 aromatic rings. The van der Waals surface area contributed by atoms with Crippen LogP contribution in [0.4, 0.5) is 22.7 Å². The van der Waals surface area contributed by atoms with E-state index < -0.39 is 15.0 Å². The second-order valence-corrected chi connectivity index (χ2v) is 14.9. The predicted octanol–water partition coefficient (Wildman–Crippen LogP) is 10.4. The summed E-state index contributed by atoms with van der Waals surface area (Å²) in [5, 5.41) is 0. The number of benzene rings is 4. The lowest BCUT2D eigenvalue weighted by molar-refractivity contribution is 0.396. The molecule has 2 aromatic heterocycles. The molecular weight excluding hydrogens is 685 g/mol. The Labute approximate surface area is 310 Å². The molecule has 0 bridgehead atoms. The van der Waals surface area contributed by atoms with Crippen molar-refractivity contribution in [2.75, 3.05) is 16.3 Å². The molecule has 0 aliphatic carbocycles. The number of hydrogen-bond donors (Lipinski definition) is 1. The number of anilines is 4. The van der Waals surface area contributed by atoms with Gasteiger partial charge in [0.25, 0.3) is 10.1 Å². The lowest BCUT2D eigenvalue weighted by Gasteiger charge is -2.46. The summed E-state index contributed by atoms with van der Waals surface area (Å²) in [6, 6.07) is 37.7. The van der Waals surface area contributed by atoms with Crippen LogP contribution in [0.25, 0.3) is 11.3 Å². The van der Waals surface area contributed by atoms with Crippen molar-refractivity contribution in [3.8, 4) is 34.3 Å². The molecular formula is C43H40N4O5S. The van der Waals surface area contributed by atoms with Crippen molar-refractivity contribution in [2.24, 2.45) is 0 Å². The lowest BCUT2D eigenvalue weighted by Crippen LogP contribution is -2.53. The van der Waals surface area contributed by atoms with Gasteiger partial charge in [-0.3, -0.25) is 14.5 Å². The highest BCUT2D eigenvalue weighted by molar-refractivity contribution is 7.87. The summed E-state index contributed by atoms with van der Waals surface area (Å²) in [5.41, 5.74) is 5.86. The SMILES string of the molecule is CCCc1cccc(C(CCN2c3ccccc3Oc3ccccc32)(N2c3ccccc3Oc3cccc(-c4ncccc4CCC)c32)S(=O)(=O)O)n1. The van der Waals surface area contributed by atoms with Gasteiger partial charge in [0.1, 0.15) is 0 Å². The van der Waals surface area contributed by atoms with E-state index in [9.17, 15) is 13.0 Å². The topological polar surface area (TPSA) is 105 Å². The number of nitrogens with zero attached hydrogens (tertiary/aromatic N) is 4. The number of rotatable bonds is 11. The second kappa shape index (κ2) is 14.0. The zero-order valence-corrected chi connectivity index (χ0v) is 30.5. The van der Waals surface area contributed by atoms with Gasteiger partial charge in [-0.05, 0) is 79.1 Å². The summed E-state index contributed by atoms with van der Waals surface area (Å²) in [7, 11) is -5.04. The third-order valence-electron chi connectivity index (χ3n) is 9.92. The summed E-state index contributed by atoms with van der Waals surface area (Å²) < 4.78 is 54.5. The number of pyridine rings is 2. The maximum absolute atomic E-state index is 14.8. The summed E-state index contributed by atoms with van der Waals surface area (Å²) in [4.78, 5) is 11.6. The van der Waals surface area contributed by atoms with Gasteiger partial charge >= 0.3 is 0 Å². The van der Waals surface area contributed by atoms with Gasteiger partial charge in [-0.2, -0.15) is 8.42 Å². The third kappa shape index (κ3) is 5.97. The Morgan fingerprint density at radius 1 is 0.679 bits per heavy atom. The standard InChI is InChI=1S/C43H40N4O5S/c1-3-14-30-16-13-28-44-41(30)32-18-12-25-39-42(32)47(35-21-7-10-24-38(35)52-39)43(53(48,49)50,40-26-11-17-31(45-40)15-4-2)27-29-46-33-19-5-8-22-36(33)51-37-23-9-6-20-34(37)46/h5-13,16-26,28H,3-4,14-15,27,29H2,1-2H3,(H,48,49,50). The number of hydrogen-bond acceptors (Lipinski definition) is 8. The molecule has 2 aliphatic heterocycles. The van der Waals surface area contributed by atoms with E-state index in [1.54, 1.807) is 17.2 Å². The van der Waals surface area contributed by atoms with Crippen LogP contribution in [0.3, 0.4) is 0 Å². The first-order valence-electron chi connectivity index (χ1n) is 18.1. The van der Waals surface area contributed by atoms with Gasteiger partial charge in [-0.1, -0.05) is 87.4 Å². The van der Waals surface area contributed by atoms with Crippen LogP contribution in [0.5, 0.6) is 23.0 Å². The molecule has 53 heavy (non-hydrogen) atoms. The molecule has 9 nitrogen and oxygen atoms in total. The summed E-state index contributed by atoms with van der Waals surface area (Å²) in [6.07, 6.45) is 4.74. The monoisotopic (exact) mass is 724 g/mol. The average Bonchev–Trinajstić information content (AvgIpc) is 3.17. The predicted molar refractivity (Wildman–Crippen MR) is 208 cm³/mol. The lowest BCUT2D eigenvalue weighted by atomic mass is 9.95. The normalized spacial score (nSPS) is 14.2. The molecule has 10 heteroatoms. The van der Waals surface area contributed by atoms with E-state index in [0.29, 0.717) is 52.1 Å². The van der Waals surface area contributed by atoms with Crippen molar-refractivity contribution >= 4 is 32.9 Å². The minimum Gasteiger partial charge on any atom is -0.453 e. The van der Waals surface area contributed by atoms with Crippen molar-refractivity contribution < 1.29 is 22.4 Å². The molecule has 0 radical (unpaired) electrons. The van der Waals surface area contributed by atoms with E-state index in [0.717, 1.165) is 41.9 Å². The summed E-state index contributed by atoms with van der Waals surface area (Å²) in [6.45, 7) is 4.33. The number of fused-ring (bicyclic) bond motifs is 4. The fourth-order valence-corrected chi connectivity index (χ4v) is 8.78. The van der Waals surface area contributed by atoms with Crippen LogP contribution in [0.15, 0.2) is 128 Å². The van der Waals surface area contributed by atoms with Gasteiger partial charge in [0.2, 0.25) is 4.87 Å². The fourth-order valence-electron chi connectivity index (χ4n) is 7.63. The van der Waals surface area contributed by atoms with Gasteiger partial charge in [-0.15, -0.1) is 0 Å². The van der Waals surface area contributed by atoms with E-state index in [4.69, 9.17) is 19.4 Å². The fraction of sp³-hybridized carbons (Fsp3) is 0.209. The molecule has 0 fully saturated rings. The molecule has 0 saturated heterocycles. The number of ether oxygens (including phenoxy) is 2. The van der Waals surface area contributed by atoms with Crippen LogP contribution in [-0.2, 0) is 27.8 Å². The van der Waals surface area contributed by atoms with Crippen LogP contribution in [0, 0.1) is 0 Å². The van der Waals surface area contributed by atoms with Gasteiger partial charge in [0, 0.05) is 30.4 Å². The maximum atomic E-state index is 14.8. The van der Waals surface area contributed by atoms with Crippen molar-refractivity contribution in [2.45, 2.75) is 50.8 Å². The van der Waals surface area contributed by atoms with Crippen molar-refractivity contribution in [3.63, 3.8) is 0 Å². The van der Waals surface area contributed by atoms with Crippen LogP contribution in [-0.4, -0.2) is 29.5 Å². The molecule has 1 unspecified atom stereocenters. The molecule has 1 N–H and O–H groups in total. The van der Waals surface area contributed by atoms with Gasteiger partial charge < -0.3 is 19.3 Å². The van der Waals surface area contributed by atoms with Crippen molar-refractivity contribution in [1.29, 1.82) is 0 Å². The van der Waals surface area contributed by atoms with E-state index in [1.165, 1.54) is 0 Å². The molecule has 0 saturated carbocycles. The smallest absolute Gasteiger partial charge is 0.295 e. The van der Waals surface area contributed by atoms with Crippen LogP contribution in [0.1, 0.15) is 50.1 Å². The Morgan fingerprint density at radius 3 is 1.96 bits per heavy atom. The number of aryl methyl sites for hydroxylation is 2. The molecule has 1 atom stereocenters. The highest BCUT2D eigenvalue weighted by Crippen LogP contribution is 2.58.